The molecule has 2 aromatic carbocycles. The topological polar surface area (TPSA) is 167 Å². The molecule has 0 fully saturated rings. The van der Waals surface area contributed by atoms with Gasteiger partial charge in [0, 0.05) is 24.7 Å². The lowest BCUT2D eigenvalue weighted by molar-refractivity contribution is -0.153. The number of carboxylic acid groups (broad SMARTS) is 1. The number of carbonyl (C=O) groups excluding carboxylic acids is 1. The first kappa shape index (κ1) is 37.3. The number of alkyl halides is 3. The maximum Gasteiger partial charge on any atom is 0.422 e. The number of pyridine rings is 1. The van der Waals surface area contributed by atoms with Gasteiger partial charge in [-0.25, -0.2) is 17.4 Å². The average molecular weight is 725 g/mol. The van der Waals surface area contributed by atoms with Gasteiger partial charge in [-0.1, -0.05) is 18.6 Å². The van der Waals surface area contributed by atoms with E-state index in [1.165, 1.54) is 37.4 Å². The van der Waals surface area contributed by atoms with Gasteiger partial charge in [-0.2, -0.15) is 13.2 Å². The van der Waals surface area contributed by atoms with Crippen LogP contribution in [0.1, 0.15) is 48.1 Å². The number of para-hydroxylation sites is 2. The van der Waals surface area contributed by atoms with Gasteiger partial charge in [-0.3, -0.25) is 18.8 Å². The van der Waals surface area contributed by atoms with Gasteiger partial charge in [-0.05, 0) is 75.1 Å². The summed E-state index contributed by atoms with van der Waals surface area (Å²) in [5.41, 5.74) is 1.36. The van der Waals surface area contributed by atoms with Crippen LogP contribution in [0.25, 0.3) is 11.0 Å². The van der Waals surface area contributed by atoms with E-state index in [2.05, 4.69) is 15.3 Å². The first-order valence-electron chi connectivity index (χ1n) is 15.1. The van der Waals surface area contributed by atoms with Crippen LogP contribution in [0, 0.1) is 20.8 Å². The zero-order valence-electron chi connectivity index (χ0n) is 26.9. The number of unbranched alkanes of at least 4 members (excludes halogenated alkanes) is 2. The van der Waals surface area contributed by atoms with Crippen LogP contribution >= 0.6 is 0 Å². The van der Waals surface area contributed by atoms with Crippen LogP contribution in [0.15, 0.2) is 58.7 Å². The molecule has 0 saturated heterocycles. The van der Waals surface area contributed by atoms with Gasteiger partial charge in [0.05, 0.1) is 38.2 Å². The number of imidazole rings is 1. The minimum absolute atomic E-state index is 0.0656. The van der Waals surface area contributed by atoms with Crippen LogP contribution in [0.3, 0.4) is 0 Å². The van der Waals surface area contributed by atoms with E-state index in [-0.39, 0.29) is 73.7 Å². The second-order valence-corrected chi connectivity index (χ2v) is 14.2. The molecular formula is C32H35F3N4O8S2. The number of rotatable bonds is 16. The van der Waals surface area contributed by atoms with Crippen LogP contribution < -0.4 is 14.8 Å². The van der Waals surface area contributed by atoms with E-state index in [0.717, 1.165) is 3.97 Å². The molecule has 0 aliphatic carbocycles. The van der Waals surface area contributed by atoms with Crippen molar-refractivity contribution in [1.82, 2.24) is 19.3 Å². The molecule has 2 heterocycles. The molecule has 1 amide bonds. The number of aliphatic carboxylic acids is 1. The molecular weight excluding hydrogens is 690 g/mol. The maximum atomic E-state index is 14.3. The Bertz CT molecular complexity index is 1960. The van der Waals surface area contributed by atoms with Crippen LogP contribution in [0.5, 0.6) is 11.5 Å². The highest BCUT2D eigenvalue weighted by Gasteiger charge is 2.31. The molecule has 0 spiro atoms. The van der Waals surface area contributed by atoms with Crippen molar-refractivity contribution in [3.63, 3.8) is 0 Å². The number of benzene rings is 2. The fourth-order valence-electron chi connectivity index (χ4n) is 5.06. The SMILES string of the molecule is Cc1cc(OCC(=O)NCCCCCC(=O)O)cc(C)c1S(=O)(=O)n1c(S(=O)Cc2nccc(OCC(F)(F)F)c2C)nc2ccccc21. The van der Waals surface area contributed by atoms with Crippen molar-refractivity contribution in [2.75, 3.05) is 19.8 Å². The molecule has 2 aromatic heterocycles. The Morgan fingerprint density at radius 3 is 2.39 bits per heavy atom. The van der Waals surface area contributed by atoms with Gasteiger partial charge in [0.1, 0.15) is 11.5 Å². The normalized spacial score (nSPS) is 12.5. The first-order chi connectivity index (χ1) is 23.1. The molecule has 264 valence electrons. The molecule has 1 atom stereocenters. The van der Waals surface area contributed by atoms with E-state index in [1.54, 1.807) is 32.0 Å². The maximum absolute atomic E-state index is 14.3. The molecule has 4 aromatic rings. The summed E-state index contributed by atoms with van der Waals surface area (Å²) in [6.07, 6.45) is -1.52. The predicted octanol–water partition coefficient (Wildman–Crippen LogP) is 4.98. The van der Waals surface area contributed by atoms with Crippen molar-refractivity contribution in [3.05, 3.63) is 71.0 Å². The number of aromatic nitrogens is 3. The minimum Gasteiger partial charge on any atom is -0.484 e. The van der Waals surface area contributed by atoms with Gasteiger partial charge in [0.25, 0.3) is 15.9 Å². The number of hydrogen-bond donors (Lipinski definition) is 2. The van der Waals surface area contributed by atoms with Gasteiger partial charge in [-0.15, -0.1) is 0 Å². The number of ether oxygens (including phenoxy) is 2. The molecule has 1 unspecified atom stereocenters. The molecule has 0 aliphatic rings. The van der Waals surface area contributed by atoms with Crippen LogP contribution in [-0.2, 0) is 36.2 Å². The molecule has 0 radical (unpaired) electrons. The summed E-state index contributed by atoms with van der Waals surface area (Å²) in [5, 5.41) is 11.1. The van der Waals surface area contributed by atoms with Gasteiger partial charge >= 0.3 is 12.1 Å². The smallest absolute Gasteiger partial charge is 0.422 e. The zero-order valence-corrected chi connectivity index (χ0v) is 28.5. The quantitative estimate of drug-likeness (QED) is 0.151. The molecule has 0 aliphatic heterocycles. The second-order valence-electron chi connectivity index (χ2n) is 11.2. The summed E-state index contributed by atoms with van der Waals surface area (Å²) in [7, 11) is -6.58. The van der Waals surface area contributed by atoms with Crippen LogP contribution in [0.2, 0.25) is 0 Å². The molecule has 4 rings (SSSR count). The van der Waals surface area contributed by atoms with E-state index >= 15 is 0 Å². The highest BCUT2D eigenvalue weighted by Crippen LogP contribution is 2.32. The Hall–Kier alpha value is -4.51. The number of nitrogens with one attached hydrogen (secondary N) is 1. The third-order valence-corrected chi connectivity index (χ3v) is 10.6. The molecule has 17 heteroatoms. The Kier molecular flexibility index (Phi) is 12.0. The molecule has 0 bridgehead atoms. The van der Waals surface area contributed by atoms with Crippen molar-refractivity contribution in [2.45, 2.75) is 68.4 Å². The third-order valence-electron chi connectivity index (χ3n) is 7.30. The lowest BCUT2D eigenvalue weighted by Gasteiger charge is -2.17. The number of fused-ring (bicyclic) bond motifs is 1. The summed E-state index contributed by atoms with van der Waals surface area (Å²) < 4.78 is 92.2. The molecule has 2 N–H and O–H groups in total. The number of hydrogen-bond acceptors (Lipinski definition) is 9. The average Bonchev–Trinajstić information content (AvgIpc) is 3.42. The Morgan fingerprint density at radius 2 is 1.71 bits per heavy atom. The first-order valence-corrected chi connectivity index (χ1v) is 17.8. The van der Waals surface area contributed by atoms with Crippen molar-refractivity contribution < 1.29 is 50.0 Å². The van der Waals surface area contributed by atoms with Gasteiger partial charge < -0.3 is 19.9 Å². The number of nitrogens with zero attached hydrogens (tertiary/aromatic N) is 3. The van der Waals surface area contributed by atoms with Crippen molar-refractivity contribution in [3.8, 4) is 11.5 Å². The Labute approximate surface area is 283 Å². The fraction of sp³-hybridized carbons (Fsp3) is 0.375. The lowest BCUT2D eigenvalue weighted by atomic mass is 10.1. The van der Waals surface area contributed by atoms with E-state index in [0.29, 0.717) is 25.8 Å². The minimum atomic E-state index is -4.57. The molecule has 12 nitrogen and oxygen atoms in total. The van der Waals surface area contributed by atoms with Gasteiger partial charge in [0.15, 0.2) is 13.2 Å². The summed E-state index contributed by atoms with van der Waals surface area (Å²) in [5.74, 6) is -1.48. The predicted molar refractivity (Wildman–Crippen MR) is 173 cm³/mol. The standard InChI is InChI=1S/C32H35F3N4O8S2/c1-20-15-23(46-17-28(40)37-13-8-4-5-11-29(41)42)16-21(2)30(20)49(44,45)39-26-10-7-6-9-24(26)38-31(39)48(43)18-25-22(3)27(12-14-36-25)47-19-32(33,34)35/h6-7,9-10,12,14-16H,4-5,8,11,13,17-19H2,1-3H3,(H,37,40)(H,41,42). The monoisotopic (exact) mass is 724 g/mol. The number of carboxylic acids is 1. The van der Waals surface area contributed by atoms with E-state index in [9.17, 15) is 35.4 Å². The second kappa shape index (κ2) is 15.8. The number of aryl methyl sites for hydroxylation is 2. The fourth-order valence-corrected chi connectivity index (χ4v) is 8.53. The van der Waals surface area contributed by atoms with E-state index < -0.39 is 45.5 Å². The highest BCUT2D eigenvalue weighted by atomic mass is 32.2. The number of halogens is 3. The lowest BCUT2D eigenvalue weighted by Crippen LogP contribution is -2.29. The summed E-state index contributed by atoms with van der Waals surface area (Å²) in [4.78, 5) is 31.3. The van der Waals surface area contributed by atoms with Crippen LogP contribution in [-0.4, -0.2) is 69.5 Å². The summed E-state index contributed by atoms with van der Waals surface area (Å²) >= 11 is 0. The summed E-state index contributed by atoms with van der Waals surface area (Å²) in [6.45, 7) is 3.08. The molecule has 49 heavy (non-hydrogen) atoms. The molecule has 0 saturated carbocycles. The Balaban J connectivity index is 1.57. The van der Waals surface area contributed by atoms with Crippen molar-refractivity contribution in [2.24, 2.45) is 0 Å². The van der Waals surface area contributed by atoms with Crippen molar-refractivity contribution >= 4 is 43.7 Å². The largest absolute Gasteiger partial charge is 0.484 e. The van der Waals surface area contributed by atoms with E-state index in [4.69, 9.17) is 14.6 Å². The summed E-state index contributed by atoms with van der Waals surface area (Å²) in [6, 6.07) is 10.5. The van der Waals surface area contributed by atoms with E-state index in [1.807, 2.05) is 0 Å². The van der Waals surface area contributed by atoms with Gasteiger partial charge in [0.2, 0.25) is 5.16 Å². The Morgan fingerprint density at radius 1 is 1.02 bits per heavy atom. The van der Waals surface area contributed by atoms with Crippen molar-refractivity contribution in [1.29, 1.82) is 0 Å². The zero-order chi connectivity index (χ0) is 35.9. The number of amides is 1. The van der Waals surface area contributed by atoms with Crippen LogP contribution in [0.4, 0.5) is 13.2 Å². The number of carbonyl (C=O) groups is 2. The third kappa shape index (κ3) is 9.56. The highest BCUT2D eigenvalue weighted by molar-refractivity contribution is 7.91.